The molecule has 0 fully saturated rings. The van der Waals surface area contributed by atoms with Crippen LogP contribution in [0.4, 0.5) is 0 Å². The molecule has 3 aromatic rings. The van der Waals surface area contributed by atoms with Gasteiger partial charge in [0.05, 0.1) is 29.0 Å². The highest BCUT2D eigenvalue weighted by Crippen LogP contribution is 2.43. The van der Waals surface area contributed by atoms with Crippen molar-refractivity contribution >= 4 is 16.9 Å². The van der Waals surface area contributed by atoms with Crippen LogP contribution in [0.5, 0.6) is 11.5 Å². The average Bonchev–Trinajstić information content (AvgIpc) is 3.47. The summed E-state index contributed by atoms with van der Waals surface area (Å²) in [6.45, 7) is 7.25. The molecule has 9 heteroatoms. The van der Waals surface area contributed by atoms with Crippen molar-refractivity contribution in [2.24, 2.45) is 0 Å². The molecular weight excluding hydrogens is 462 g/mol. The highest BCUT2D eigenvalue weighted by Gasteiger charge is 2.45. The van der Waals surface area contributed by atoms with E-state index < -0.39 is 11.6 Å². The number of hydrogen-bond donors (Lipinski definition) is 1. The second-order valence-electron chi connectivity index (χ2n) is 10.1. The number of carbonyl (C=O) groups is 1. The van der Waals surface area contributed by atoms with E-state index in [-0.39, 0.29) is 25.4 Å². The van der Waals surface area contributed by atoms with E-state index in [1.54, 1.807) is 17.6 Å². The summed E-state index contributed by atoms with van der Waals surface area (Å²) in [6, 6.07) is 6.01. The van der Waals surface area contributed by atoms with Crippen LogP contribution in [0.1, 0.15) is 49.4 Å². The molecule has 1 N–H and O–H groups in total. The molecule has 0 radical (unpaired) electrons. The molecule has 1 aromatic carbocycles. The number of fused-ring (bicyclic) bond motifs is 6. The third-order valence-corrected chi connectivity index (χ3v) is 7.90. The van der Waals surface area contributed by atoms with Gasteiger partial charge in [0.25, 0.3) is 5.56 Å². The van der Waals surface area contributed by atoms with Crippen molar-refractivity contribution in [2.75, 3.05) is 20.4 Å². The van der Waals surface area contributed by atoms with Crippen molar-refractivity contribution in [1.82, 2.24) is 14.5 Å². The summed E-state index contributed by atoms with van der Waals surface area (Å²) >= 11 is 0. The Morgan fingerprint density at radius 1 is 1.14 bits per heavy atom. The van der Waals surface area contributed by atoms with Crippen LogP contribution in [0.15, 0.2) is 23.0 Å². The molecule has 0 amide bonds. The molecule has 0 saturated carbocycles. The zero-order chi connectivity index (χ0) is 25.4. The van der Waals surface area contributed by atoms with Crippen LogP contribution in [-0.4, -0.2) is 52.0 Å². The van der Waals surface area contributed by atoms with Gasteiger partial charge in [-0.15, -0.1) is 0 Å². The Morgan fingerprint density at radius 2 is 1.89 bits per heavy atom. The number of aliphatic hydroxyl groups is 1. The van der Waals surface area contributed by atoms with Crippen LogP contribution in [0.3, 0.4) is 0 Å². The standard InChI is InChI=1S/C27H29N3O6/c1-5-27(33)19-9-21-24-17(11-30(21)25(31)18(19)12-34-26(27)32)15(6-7-29(4)14(2)3)16-8-22-23(36-13-35-22)10-20(16)28-24/h8-10,14,33H,5-7,11-13H2,1-4H3/t27-/m0/s1. The van der Waals surface area contributed by atoms with E-state index in [9.17, 15) is 14.7 Å². The van der Waals surface area contributed by atoms with Crippen molar-refractivity contribution in [3.05, 3.63) is 50.8 Å². The number of esters is 1. The van der Waals surface area contributed by atoms with Gasteiger partial charge in [-0.3, -0.25) is 4.79 Å². The summed E-state index contributed by atoms with van der Waals surface area (Å²) < 4.78 is 18.1. The van der Waals surface area contributed by atoms with Gasteiger partial charge >= 0.3 is 5.97 Å². The zero-order valence-electron chi connectivity index (χ0n) is 20.9. The van der Waals surface area contributed by atoms with Crippen molar-refractivity contribution in [2.45, 2.75) is 58.4 Å². The molecule has 0 unspecified atom stereocenters. The molecule has 2 aromatic heterocycles. The minimum absolute atomic E-state index is 0.107. The van der Waals surface area contributed by atoms with E-state index in [2.05, 4.69) is 25.8 Å². The van der Waals surface area contributed by atoms with Gasteiger partial charge in [-0.05, 0) is 51.4 Å². The van der Waals surface area contributed by atoms with E-state index >= 15 is 0 Å². The van der Waals surface area contributed by atoms with Gasteiger partial charge in [-0.1, -0.05) is 6.92 Å². The summed E-state index contributed by atoms with van der Waals surface area (Å²) in [4.78, 5) is 33.3. The van der Waals surface area contributed by atoms with E-state index in [4.69, 9.17) is 19.2 Å². The van der Waals surface area contributed by atoms with E-state index in [0.29, 0.717) is 46.6 Å². The number of aromatic nitrogens is 2. The minimum atomic E-state index is -1.85. The highest BCUT2D eigenvalue weighted by atomic mass is 16.7. The Balaban J connectivity index is 1.58. The first-order chi connectivity index (χ1) is 17.2. The number of cyclic esters (lactones) is 1. The van der Waals surface area contributed by atoms with Crippen LogP contribution in [-0.2, 0) is 34.7 Å². The molecule has 0 aliphatic carbocycles. The van der Waals surface area contributed by atoms with Gasteiger partial charge in [0.1, 0.15) is 6.61 Å². The number of pyridine rings is 2. The fourth-order valence-electron chi connectivity index (χ4n) is 5.38. The average molecular weight is 492 g/mol. The maximum absolute atomic E-state index is 13.6. The zero-order valence-corrected chi connectivity index (χ0v) is 20.9. The lowest BCUT2D eigenvalue weighted by Gasteiger charge is -2.31. The fraction of sp³-hybridized carbons (Fsp3) is 0.444. The number of benzene rings is 1. The van der Waals surface area contributed by atoms with Crippen LogP contribution in [0.25, 0.3) is 22.3 Å². The third-order valence-electron chi connectivity index (χ3n) is 7.90. The molecule has 6 rings (SSSR count). The van der Waals surface area contributed by atoms with Crippen LogP contribution < -0.4 is 15.0 Å². The predicted molar refractivity (Wildman–Crippen MR) is 132 cm³/mol. The second-order valence-corrected chi connectivity index (χ2v) is 10.1. The molecule has 0 bridgehead atoms. The lowest BCUT2D eigenvalue weighted by atomic mass is 9.86. The van der Waals surface area contributed by atoms with Crippen molar-refractivity contribution in [3.8, 4) is 22.9 Å². The second kappa shape index (κ2) is 8.04. The molecular formula is C27H29N3O6. The largest absolute Gasteiger partial charge is 0.458 e. The van der Waals surface area contributed by atoms with E-state index in [1.807, 2.05) is 12.1 Å². The number of hydrogen-bond acceptors (Lipinski definition) is 8. The summed E-state index contributed by atoms with van der Waals surface area (Å²) in [5.41, 5.74) is 2.67. The fourth-order valence-corrected chi connectivity index (χ4v) is 5.38. The quantitative estimate of drug-likeness (QED) is 0.425. The summed E-state index contributed by atoms with van der Waals surface area (Å²) in [5.74, 6) is 0.607. The number of carbonyl (C=O) groups excluding carboxylic acids is 1. The molecule has 5 heterocycles. The Kier molecular flexibility index (Phi) is 5.14. The monoisotopic (exact) mass is 491 g/mol. The van der Waals surface area contributed by atoms with Gasteiger partial charge in [-0.2, -0.15) is 0 Å². The molecule has 36 heavy (non-hydrogen) atoms. The first-order valence-corrected chi connectivity index (χ1v) is 12.4. The molecule has 0 saturated heterocycles. The Morgan fingerprint density at radius 3 is 2.61 bits per heavy atom. The number of nitrogens with zero attached hydrogens (tertiary/aromatic N) is 3. The van der Waals surface area contributed by atoms with Crippen molar-refractivity contribution < 1.29 is 24.1 Å². The van der Waals surface area contributed by atoms with E-state index in [0.717, 1.165) is 35.0 Å². The first-order valence-electron chi connectivity index (χ1n) is 12.4. The highest BCUT2D eigenvalue weighted by molar-refractivity contribution is 5.91. The SMILES string of the molecule is CC[C@@]1(O)C(=O)OCc2c1cc1n(c2=O)Cc2c-1nc1cc3c(cc1c2CCN(C)C(C)C)OCO3. The van der Waals surface area contributed by atoms with Gasteiger partial charge in [0.15, 0.2) is 17.1 Å². The van der Waals surface area contributed by atoms with Crippen LogP contribution in [0, 0.1) is 0 Å². The van der Waals surface area contributed by atoms with Crippen LogP contribution in [0.2, 0.25) is 0 Å². The van der Waals surface area contributed by atoms with Gasteiger partial charge in [0, 0.05) is 35.2 Å². The molecule has 9 nitrogen and oxygen atoms in total. The minimum Gasteiger partial charge on any atom is -0.458 e. The predicted octanol–water partition coefficient (Wildman–Crippen LogP) is 2.69. The Labute approximate surface area is 208 Å². The molecule has 3 aliphatic heterocycles. The van der Waals surface area contributed by atoms with Crippen molar-refractivity contribution in [3.63, 3.8) is 0 Å². The number of rotatable bonds is 5. The molecule has 1 atom stereocenters. The van der Waals surface area contributed by atoms with Gasteiger partial charge < -0.3 is 28.8 Å². The maximum Gasteiger partial charge on any atom is 0.343 e. The Bertz CT molecular complexity index is 1490. The lowest BCUT2D eigenvalue weighted by molar-refractivity contribution is -0.172. The number of ether oxygens (including phenoxy) is 3. The molecule has 188 valence electrons. The first kappa shape index (κ1) is 23.0. The summed E-state index contributed by atoms with van der Waals surface area (Å²) in [7, 11) is 2.10. The summed E-state index contributed by atoms with van der Waals surface area (Å²) in [5, 5.41) is 12.1. The summed E-state index contributed by atoms with van der Waals surface area (Å²) in [6.07, 6.45) is 0.870. The van der Waals surface area contributed by atoms with Gasteiger partial charge in [0.2, 0.25) is 6.79 Å². The topological polar surface area (TPSA) is 103 Å². The van der Waals surface area contributed by atoms with Crippen LogP contribution >= 0.6 is 0 Å². The maximum atomic E-state index is 13.6. The van der Waals surface area contributed by atoms with Crippen molar-refractivity contribution in [1.29, 1.82) is 0 Å². The smallest absolute Gasteiger partial charge is 0.343 e. The number of likely N-dealkylation sites (N-methyl/N-ethyl adjacent to an activating group) is 1. The van der Waals surface area contributed by atoms with Gasteiger partial charge in [-0.25, -0.2) is 9.78 Å². The normalized spacial score (nSPS) is 19.6. The molecule has 3 aliphatic rings. The molecule has 0 spiro atoms. The third kappa shape index (κ3) is 3.19. The Hall–Kier alpha value is -3.43. The lowest BCUT2D eigenvalue weighted by Crippen LogP contribution is -2.44. The van der Waals surface area contributed by atoms with E-state index in [1.165, 1.54) is 0 Å².